The number of pyridine rings is 8. The summed E-state index contributed by atoms with van der Waals surface area (Å²) in [5, 5.41) is 16.6. The molecule has 0 N–H and O–H groups in total. The number of nitrogens with zero attached hydrogens (tertiary/aromatic N) is 8. The Morgan fingerprint density at radius 1 is 0.325 bits per heavy atom. The fraction of sp³-hybridized carbons (Fsp3) is 0.216. The summed E-state index contributed by atoms with van der Waals surface area (Å²) >= 11 is 0. The van der Waals surface area contributed by atoms with Crippen LogP contribution in [-0.2, 0) is 28.2 Å². The second-order valence-electron chi connectivity index (χ2n) is 31.6. The number of aryl methyl sites for hydroxylation is 12. The maximum absolute atomic E-state index is 8.51. The van der Waals surface area contributed by atoms with Crippen LogP contribution in [0, 0.1) is 83.1 Å². The fourth-order valence-electron chi connectivity index (χ4n) is 16.7. The van der Waals surface area contributed by atoms with Crippen molar-refractivity contribution in [3.63, 3.8) is 0 Å². The van der Waals surface area contributed by atoms with Gasteiger partial charge in [0.25, 0.3) is 0 Å². The van der Waals surface area contributed by atoms with Gasteiger partial charge >= 0.3 is 0 Å². The lowest BCUT2D eigenvalue weighted by atomic mass is 9.92. The van der Waals surface area contributed by atoms with Crippen molar-refractivity contribution < 1.29 is 41.4 Å². The lowest BCUT2D eigenvalue weighted by Gasteiger charge is -2.12. The zero-order chi connectivity index (χ0) is 83.1. The third kappa shape index (κ3) is 12.7. The van der Waals surface area contributed by atoms with Crippen LogP contribution in [0.15, 0.2) is 224 Å². The van der Waals surface area contributed by atoms with Gasteiger partial charge in [-0.25, -0.2) is 33.6 Å². The zero-order valence-corrected chi connectivity index (χ0v) is 68.4. The lowest BCUT2D eigenvalue weighted by Crippen LogP contribution is -2.32. The largest absolute Gasteiger partial charge is 0.437 e. The molecule has 0 fully saturated rings. The fourth-order valence-corrected chi connectivity index (χ4v) is 16.7. The molecule has 1 atom stereocenters. The second kappa shape index (κ2) is 28.7. The molecule has 564 valence electrons. The Labute approximate surface area is 669 Å². The number of fused-ring (bicyclic) bond motifs is 16. The van der Waals surface area contributed by atoms with Crippen molar-refractivity contribution in [3.05, 3.63) is 285 Å². The Morgan fingerprint density at radius 3 is 1.12 bits per heavy atom. The molecule has 12 aromatic heterocycles. The van der Waals surface area contributed by atoms with E-state index < -0.39 is 12.7 Å². The number of benzene rings is 8. The Balaban J connectivity index is 0.000000113. The molecule has 0 amide bonds. The van der Waals surface area contributed by atoms with Gasteiger partial charge in [-0.2, -0.15) is 4.57 Å². The molecule has 0 saturated carbocycles. The van der Waals surface area contributed by atoms with Gasteiger partial charge in [0.1, 0.15) is 28.2 Å². The number of rotatable bonds is 6. The highest BCUT2D eigenvalue weighted by atomic mass is 16.4. The molecule has 0 aliphatic heterocycles. The summed E-state index contributed by atoms with van der Waals surface area (Å²) < 4.78 is 66.1. The monoisotopic (exact) mass is 1500 g/mol. The Hall–Kier alpha value is -12.8. The SMILES string of the molecule is Cc1ccc2c(n1)oc1c(-c3c4ccc(C(C)C)cc4cc[n+]3C)c(C)c(C)cc12.Cc1ccc2c(n1)oc1c(-c3cc4ccccc4c[n+]3C)c(C)c(C)cc12.Cc1ccc2c(n1)oc1c(-c3ccc4ccccc4[n+]3C)c(C)c(C)cc12.[2H]C([2H])([2H])C([2H])(C)c1ccc2c(-c3c(C)c(C)cc4c3oc3nc(C)ccc34)[n+](C)ccc2c1. The smallest absolute Gasteiger partial charge is 0.227 e. The van der Waals surface area contributed by atoms with E-state index in [2.05, 4.69) is 287 Å². The van der Waals surface area contributed by atoms with E-state index in [1.165, 1.54) is 84.0 Å². The molecule has 114 heavy (non-hydrogen) atoms. The van der Waals surface area contributed by atoms with E-state index in [4.69, 9.17) is 23.2 Å². The highest BCUT2D eigenvalue weighted by Gasteiger charge is 2.30. The predicted octanol–water partition coefficient (Wildman–Crippen LogP) is 24.5. The molecule has 0 aliphatic rings. The molecule has 0 bridgehead atoms. The summed E-state index contributed by atoms with van der Waals surface area (Å²) in [6, 6.07) is 65.4. The highest BCUT2D eigenvalue weighted by Crippen LogP contribution is 2.45. The third-order valence-electron chi connectivity index (χ3n) is 23.6. The summed E-state index contributed by atoms with van der Waals surface area (Å²) in [6.45, 7) is 28.7. The van der Waals surface area contributed by atoms with Gasteiger partial charge in [0.05, 0.1) is 33.0 Å². The lowest BCUT2D eigenvalue weighted by molar-refractivity contribution is -0.659. The quantitative estimate of drug-likeness (QED) is 0.151. The minimum absolute atomic E-state index is 0.467. The molecule has 0 saturated heterocycles. The minimum atomic E-state index is -2.43. The zero-order valence-electron chi connectivity index (χ0n) is 72.4. The molecule has 12 nitrogen and oxygen atoms in total. The van der Waals surface area contributed by atoms with Gasteiger partial charge in [-0.05, 0) is 270 Å². The van der Waals surface area contributed by atoms with Crippen LogP contribution in [0.1, 0.15) is 123 Å². The Kier molecular flexibility index (Phi) is 17.4. The summed E-state index contributed by atoms with van der Waals surface area (Å²) in [4.78, 5) is 18.5. The first-order valence-corrected chi connectivity index (χ1v) is 39.2. The molecule has 20 aromatic rings. The van der Waals surface area contributed by atoms with Crippen molar-refractivity contribution in [2.45, 2.75) is 123 Å². The van der Waals surface area contributed by atoms with Crippen LogP contribution in [0.25, 0.3) is 177 Å². The van der Waals surface area contributed by atoms with E-state index in [0.29, 0.717) is 34.3 Å². The molecule has 1 unspecified atom stereocenters. The Morgan fingerprint density at radius 2 is 0.693 bits per heavy atom. The topological polar surface area (TPSA) is 120 Å². The van der Waals surface area contributed by atoms with E-state index in [1.54, 1.807) is 6.07 Å². The van der Waals surface area contributed by atoms with E-state index in [-0.39, 0.29) is 0 Å². The van der Waals surface area contributed by atoms with Gasteiger partial charge in [-0.1, -0.05) is 82.2 Å². The second-order valence-corrected chi connectivity index (χ2v) is 31.6. The average molecular weight is 1500 g/mol. The van der Waals surface area contributed by atoms with Gasteiger partial charge < -0.3 is 17.7 Å². The van der Waals surface area contributed by atoms with Crippen molar-refractivity contribution in [1.29, 1.82) is 0 Å². The van der Waals surface area contributed by atoms with Crippen LogP contribution in [0.4, 0.5) is 0 Å². The van der Waals surface area contributed by atoms with Gasteiger partial charge in [-0.3, -0.25) is 0 Å². The van der Waals surface area contributed by atoms with Crippen molar-refractivity contribution in [1.82, 2.24) is 19.9 Å². The minimum Gasteiger partial charge on any atom is -0.437 e. The van der Waals surface area contributed by atoms with Crippen molar-refractivity contribution >= 4 is 131 Å². The normalized spacial score (nSPS) is 13.0. The van der Waals surface area contributed by atoms with Crippen molar-refractivity contribution in [2.75, 3.05) is 0 Å². The number of hydrogen-bond donors (Lipinski definition) is 0. The maximum Gasteiger partial charge on any atom is 0.227 e. The summed E-state index contributed by atoms with van der Waals surface area (Å²) in [5.41, 5.74) is 31.8. The van der Waals surface area contributed by atoms with Gasteiger partial charge in [-0.15, -0.1) is 0 Å². The summed E-state index contributed by atoms with van der Waals surface area (Å²) in [6.07, 6.45) is 6.31. The molecule has 20 rings (SSSR count). The number of hydrogen-bond acceptors (Lipinski definition) is 8. The molecular weight excluding hydrogens is 1400 g/mol. The molecule has 0 aliphatic carbocycles. The molecule has 12 heterocycles. The molecule has 0 radical (unpaired) electrons. The predicted molar refractivity (Wildman–Crippen MR) is 468 cm³/mol. The van der Waals surface area contributed by atoms with E-state index in [0.717, 1.165) is 149 Å². The summed E-state index contributed by atoms with van der Waals surface area (Å²) in [5.74, 6) is -1.20. The van der Waals surface area contributed by atoms with E-state index in [1.807, 2.05) is 77.3 Å². The molecule has 8 aromatic carbocycles. The molecule has 12 heteroatoms. The number of furan rings is 4. The maximum atomic E-state index is 8.51. The number of aromatic nitrogens is 8. The molecular formula is C102H96N8O4+4. The van der Waals surface area contributed by atoms with Crippen LogP contribution in [0.5, 0.6) is 0 Å². The van der Waals surface area contributed by atoms with Gasteiger partial charge in [0.15, 0.2) is 40.9 Å². The Bertz CT molecular complexity index is 7450. The van der Waals surface area contributed by atoms with Crippen LogP contribution >= 0.6 is 0 Å². The van der Waals surface area contributed by atoms with Crippen molar-refractivity contribution in [2.24, 2.45) is 28.2 Å². The summed E-state index contributed by atoms with van der Waals surface area (Å²) in [7, 11) is 8.33. The van der Waals surface area contributed by atoms with E-state index >= 15 is 0 Å². The number of para-hydroxylation sites is 1. The standard InChI is InChI=1S/2C27H27N2O.2C24H21N2O/c2*1-15(2)19-8-10-21-20(14-19)11-12-29(6)25(21)24-18(5)16(3)13-23-22-9-7-17(4)28-27(22)30-26(23)24;1-14-13-19-18-11-9-15(2)25-24(18)27-23(19)22(16(14)3)21-12-10-17-7-5-6-8-20(17)26(21)4;1-14-11-20-19-10-9-15(2)25-24(19)27-23(20)22(16(14)3)21-12-17-7-5-6-8-18(17)13-26(21)4/h2*7-15H,1-6H3;2*5-13H,1-4H3/q4*+1/i1D3,15D;;;. The van der Waals surface area contributed by atoms with E-state index in [9.17, 15) is 0 Å². The highest BCUT2D eigenvalue weighted by molar-refractivity contribution is 6.15. The van der Waals surface area contributed by atoms with Crippen LogP contribution in [0.3, 0.4) is 0 Å². The van der Waals surface area contributed by atoms with Crippen molar-refractivity contribution in [3.8, 4) is 45.0 Å². The first-order chi connectivity index (χ1) is 56.3. The van der Waals surface area contributed by atoms with Crippen LogP contribution in [0.2, 0.25) is 0 Å². The van der Waals surface area contributed by atoms with Crippen LogP contribution in [-0.4, -0.2) is 19.9 Å². The van der Waals surface area contributed by atoms with Gasteiger partial charge in [0, 0.05) is 112 Å². The first-order valence-electron chi connectivity index (χ1n) is 41.2. The third-order valence-corrected chi connectivity index (χ3v) is 23.6. The first kappa shape index (κ1) is 69.2. The van der Waals surface area contributed by atoms with Gasteiger partial charge in [0.2, 0.25) is 51.1 Å². The van der Waals surface area contributed by atoms with Crippen LogP contribution < -0.4 is 18.3 Å². The molecule has 0 spiro atoms. The average Bonchev–Trinajstić information content (AvgIpc) is 1.83.